The summed E-state index contributed by atoms with van der Waals surface area (Å²) in [6.07, 6.45) is -1.79. The Hall–Kier alpha value is -2.93. The van der Waals surface area contributed by atoms with Gasteiger partial charge in [0.15, 0.2) is 9.84 Å². The second kappa shape index (κ2) is 8.20. The van der Waals surface area contributed by atoms with Crippen molar-refractivity contribution in [2.24, 2.45) is 0 Å². The summed E-state index contributed by atoms with van der Waals surface area (Å²) in [5.41, 5.74) is 0.701. The second-order valence-electron chi connectivity index (χ2n) is 7.77. The number of hydrogen-bond donors (Lipinski definition) is 4. The maximum Gasteiger partial charge on any atom is 0.421 e. The molecular weight excluding hydrogens is 449 g/mol. The molecule has 1 saturated heterocycles. The first kappa shape index (κ1) is 22.3. The molecule has 2 aliphatic heterocycles. The van der Waals surface area contributed by atoms with Gasteiger partial charge in [-0.15, -0.1) is 0 Å². The van der Waals surface area contributed by atoms with Gasteiger partial charge in [-0.25, -0.2) is 13.4 Å². The van der Waals surface area contributed by atoms with E-state index in [0.29, 0.717) is 30.5 Å². The van der Waals surface area contributed by atoms with E-state index in [1.807, 2.05) is 0 Å². The van der Waals surface area contributed by atoms with Crippen molar-refractivity contribution in [2.75, 3.05) is 28.8 Å². The number of nitrogens with zero attached hydrogens (tertiary/aromatic N) is 2. The van der Waals surface area contributed by atoms with Crippen LogP contribution in [0.2, 0.25) is 0 Å². The molecule has 4 N–H and O–H groups in total. The molecule has 1 aromatic carbocycles. The molecule has 3 heterocycles. The van der Waals surface area contributed by atoms with Gasteiger partial charge in [-0.1, -0.05) is 0 Å². The number of halogens is 3. The first-order valence-electron chi connectivity index (χ1n) is 9.83. The summed E-state index contributed by atoms with van der Waals surface area (Å²) >= 11 is 0. The van der Waals surface area contributed by atoms with Gasteiger partial charge in [-0.3, -0.25) is 4.79 Å². The van der Waals surface area contributed by atoms with Crippen molar-refractivity contribution in [1.29, 1.82) is 0 Å². The first-order valence-corrected chi connectivity index (χ1v) is 11.8. The van der Waals surface area contributed by atoms with Crippen LogP contribution in [0.3, 0.4) is 0 Å². The molecule has 0 saturated carbocycles. The van der Waals surface area contributed by atoms with Crippen molar-refractivity contribution < 1.29 is 26.4 Å². The summed E-state index contributed by atoms with van der Waals surface area (Å²) in [6, 6.07) is 4.42. The number of carbonyl (C=O) groups is 1. The molecule has 0 bridgehead atoms. The van der Waals surface area contributed by atoms with E-state index in [9.17, 15) is 26.4 Å². The molecular formula is C19H21F3N6O3S. The average Bonchev–Trinajstić information content (AvgIpc) is 3.32. The lowest BCUT2D eigenvalue weighted by Gasteiger charge is -2.25. The van der Waals surface area contributed by atoms with Gasteiger partial charge in [-0.2, -0.15) is 18.2 Å². The van der Waals surface area contributed by atoms with E-state index >= 15 is 0 Å². The molecule has 172 valence electrons. The summed E-state index contributed by atoms with van der Waals surface area (Å²) < 4.78 is 65.4. The van der Waals surface area contributed by atoms with Crippen LogP contribution in [0.15, 0.2) is 24.4 Å². The van der Waals surface area contributed by atoms with Crippen molar-refractivity contribution in [3.8, 4) is 0 Å². The normalized spacial score (nSPS) is 19.4. The third-order valence-electron chi connectivity index (χ3n) is 5.28. The highest BCUT2D eigenvalue weighted by atomic mass is 32.2. The van der Waals surface area contributed by atoms with E-state index in [1.165, 1.54) is 0 Å². The third-order valence-corrected chi connectivity index (χ3v) is 6.65. The minimum Gasteiger partial charge on any atom is -0.352 e. The Balaban J connectivity index is 1.65. The molecule has 0 aliphatic carbocycles. The fraction of sp³-hybridized carbons (Fsp3) is 0.421. The molecule has 32 heavy (non-hydrogen) atoms. The molecule has 4 rings (SSSR count). The Bertz CT molecular complexity index is 1150. The van der Waals surface area contributed by atoms with Crippen LogP contribution in [0.1, 0.15) is 24.0 Å². The van der Waals surface area contributed by atoms with E-state index in [4.69, 9.17) is 0 Å². The zero-order valence-electron chi connectivity index (χ0n) is 17.0. The highest BCUT2D eigenvalue weighted by Crippen LogP contribution is 2.35. The number of benzene rings is 1. The number of alkyl halides is 3. The number of rotatable bonds is 6. The summed E-state index contributed by atoms with van der Waals surface area (Å²) in [7, 11) is -3.75. The Morgan fingerprint density at radius 3 is 2.72 bits per heavy atom. The van der Waals surface area contributed by atoms with Gasteiger partial charge in [0.05, 0.1) is 6.42 Å². The van der Waals surface area contributed by atoms with Crippen molar-refractivity contribution in [3.63, 3.8) is 0 Å². The van der Waals surface area contributed by atoms with Crippen LogP contribution in [0.5, 0.6) is 0 Å². The Morgan fingerprint density at radius 2 is 2.06 bits per heavy atom. The van der Waals surface area contributed by atoms with Crippen LogP contribution in [0, 0.1) is 0 Å². The minimum absolute atomic E-state index is 0.149. The summed E-state index contributed by atoms with van der Waals surface area (Å²) in [5.74, 6) is -0.928. The Labute approximate surface area is 182 Å². The summed E-state index contributed by atoms with van der Waals surface area (Å²) in [4.78, 5) is 19.2. The van der Waals surface area contributed by atoms with Gasteiger partial charge in [0.25, 0.3) is 0 Å². The molecule has 2 unspecified atom stereocenters. The molecule has 1 fully saturated rings. The number of hydrogen-bond acceptors (Lipinski definition) is 8. The summed E-state index contributed by atoms with van der Waals surface area (Å²) in [6.45, 7) is 0.580. The Kier molecular flexibility index (Phi) is 5.71. The minimum atomic E-state index is -4.79. The molecule has 2 aliphatic rings. The number of fused-ring (bicyclic) bond motifs is 1. The molecule has 2 aromatic rings. The number of aromatic nitrogens is 2. The zero-order valence-corrected chi connectivity index (χ0v) is 17.8. The number of anilines is 4. The van der Waals surface area contributed by atoms with Gasteiger partial charge in [0.1, 0.15) is 16.8 Å². The predicted octanol–water partition coefficient (Wildman–Crippen LogP) is 2.27. The first-order chi connectivity index (χ1) is 15.0. The highest BCUT2D eigenvalue weighted by Gasteiger charge is 2.39. The average molecular weight is 470 g/mol. The number of amides is 1. The smallest absolute Gasteiger partial charge is 0.352 e. The van der Waals surface area contributed by atoms with E-state index < -0.39 is 38.8 Å². The monoisotopic (exact) mass is 470 g/mol. The lowest BCUT2D eigenvalue weighted by molar-refractivity contribution is -0.137. The molecule has 1 aromatic heterocycles. The quantitative estimate of drug-likeness (QED) is 0.507. The van der Waals surface area contributed by atoms with Crippen LogP contribution in [0.25, 0.3) is 0 Å². The second-order valence-corrected chi connectivity index (χ2v) is 9.94. The number of nitrogens with one attached hydrogen (secondary N) is 4. The Morgan fingerprint density at radius 1 is 1.28 bits per heavy atom. The van der Waals surface area contributed by atoms with E-state index in [-0.39, 0.29) is 18.3 Å². The van der Waals surface area contributed by atoms with Crippen molar-refractivity contribution >= 4 is 38.9 Å². The topological polar surface area (TPSA) is 125 Å². The summed E-state index contributed by atoms with van der Waals surface area (Å²) in [5, 5.41) is 9.72. The molecule has 13 heteroatoms. The fourth-order valence-electron chi connectivity index (χ4n) is 3.81. The SMILES string of the molecule is CS(=O)(=O)C(Nc1nc(Nc2ccc3c(c2)CC(=O)N3)ncc1C(F)(F)F)C1CCCN1. The van der Waals surface area contributed by atoms with Crippen LogP contribution < -0.4 is 21.3 Å². The lowest BCUT2D eigenvalue weighted by Crippen LogP contribution is -2.45. The van der Waals surface area contributed by atoms with E-state index in [1.54, 1.807) is 18.2 Å². The maximum atomic E-state index is 13.6. The van der Waals surface area contributed by atoms with Crippen LogP contribution in [-0.4, -0.2) is 48.5 Å². The van der Waals surface area contributed by atoms with Crippen LogP contribution >= 0.6 is 0 Å². The zero-order chi connectivity index (χ0) is 23.1. The predicted molar refractivity (Wildman–Crippen MR) is 112 cm³/mol. The van der Waals surface area contributed by atoms with E-state index in [2.05, 4.69) is 31.2 Å². The molecule has 9 nitrogen and oxygen atoms in total. The van der Waals surface area contributed by atoms with Crippen LogP contribution in [0.4, 0.5) is 36.3 Å². The molecule has 2 atom stereocenters. The highest BCUT2D eigenvalue weighted by molar-refractivity contribution is 7.91. The van der Waals surface area contributed by atoms with Gasteiger partial charge >= 0.3 is 6.18 Å². The largest absolute Gasteiger partial charge is 0.421 e. The van der Waals surface area contributed by atoms with Gasteiger partial charge in [0.2, 0.25) is 11.9 Å². The van der Waals surface area contributed by atoms with Gasteiger partial charge in [-0.05, 0) is 43.1 Å². The number of sulfone groups is 1. The molecule has 1 amide bonds. The molecule has 0 radical (unpaired) electrons. The lowest BCUT2D eigenvalue weighted by atomic mass is 10.1. The standard InChI is InChI=1S/C19H21F3N6O3S/c1-32(30,31)17(14-3-2-6-23-14)27-16-12(19(20,21)22)9-24-18(28-16)25-11-4-5-13-10(7-11)8-15(29)26-13/h4-5,7,9,14,17,23H,2-3,6,8H2,1H3,(H,26,29)(H2,24,25,27,28). The maximum absolute atomic E-state index is 13.6. The van der Waals surface area contributed by atoms with E-state index in [0.717, 1.165) is 18.2 Å². The van der Waals surface area contributed by atoms with Crippen molar-refractivity contribution in [2.45, 2.75) is 36.9 Å². The molecule has 0 spiro atoms. The van der Waals surface area contributed by atoms with Gasteiger partial charge in [0, 0.05) is 29.9 Å². The third kappa shape index (κ3) is 4.78. The van der Waals surface area contributed by atoms with Crippen LogP contribution in [-0.2, 0) is 27.2 Å². The number of carbonyl (C=O) groups excluding carboxylic acids is 1. The van der Waals surface area contributed by atoms with Crippen molar-refractivity contribution in [3.05, 3.63) is 35.5 Å². The fourth-order valence-corrected chi connectivity index (χ4v) is 4.96. The van der Waals surface area contributed by atoms with Crippen molar-refractivity contribution in [1.82, 2.24) is 15.3 Å². The van der Waals surface area contributed by atoms with Gasteiger partial charge < -0.3 is 21.3 Å².